The molecule has 5 N–H and O–H groups in total. The number of halogens is 1. The van der Waals surface area contributed by atoms with Crippen molar-refractivity contribution in [3.63, 3.8) is 0 Å². The van der Waals surface area contributed by atoms with Crippen LogP contribution in [0.4, 0.5) is 10.2 Å². The number of amides is 2. The van der Waals surface area contributed by atoms with Gasteiger partial charge in [-0.1, -0.05) is 18.6 Å². The van der Waals surface area contributed by atoms with Crippen LogP contribution in [0, 0.1) is 29.1 Å². The largest absolute Gasteiger partial charge is 0.402 e. The van der Waals surface area contributed by atoms with E-state index in [9.17, 15) is 9.59 Å². The Morgan fingerprint density at radius 3 is 2.40 bits per heavy atom. The van der Waals surface area contributed by atoms with Gasteiger partial charge in [0, 0.05) is 41.4 Å². The first kappa shape index (κ1) is 29.8. The minimum absolute atomic E-state index is 0.0358. The summed E-state index contributed by atoms with van der Waals surface area (Å²) in [7, 11) is 0. The fourth-order valence-corrected chi connectivity index (χ4v) is 5.99. The Morgan fingerprint density at radius 2 is 1.88 bits per heavy atom. The fourth-order valence-electron chi connectivity index (χ4n) is 5.58. The number of nitrogens with zero attached hydrogens (tertiary/aromatic N) is 2. The molecule has 40 heavy (non-hydrogen) atoms. The number of carbonyl (C=O) groups is 2. The third kappa shape index (κ3) is 7.13. The lowest BCUT2D eigenvalue weighted by Gasteiger charge is -2.33. The van der Waals surface area contributed by atoms with Crippen LogP contribution in [0.5, 0.6) is 0 Å². The van der Waals surface area contributed by atoms with Crippen LogP contribution in [-0.2, 0) is 9.59 Å². The van der Waals surface area contributed by atoms with Crippen molar-refractivity contribution in [3.05, 3.63) is 52.8 Å². The Hall–Kier alpha value is -3.14. The molecule has 2 aliphatic carbocycles. The van der Waals surface area contributed by atoms with E-state index in [2.05, 4.69) is 27.4 Å². The molecule has 3 aliphatic rings. The van der Waals surface area contributed by atoms with Crippen LogP contribution in [-0.4, -0.2) is 58.5 Å². The van der Waals surface area contributed by atoms with Gasteiger partial charge in [-0.3, -0.25) is 9.59 Å². The van der Waals surface area contributed by atoms with Gasteiger partial charge in [0.1, 0.15) is 17.6 Å². The number of rotatable bonds is 13. The minimum Gasteiger partial charge on any atom is -0.402 e. The normalized spacial score (nSPS) is 18.5. The molecule has 2 fully saturated rings. The van der Waals surface area contributed by atoms with Gasteiger partial charge in [0.25, 0.3) is 5.91 Å². The number of hydrogen-bond donors (Lipinski definition) is 4. The van der Waals surface area contributed by atoms with Crippen molar-refractivity contribution in [3.8, 4) is 0 Å². The molecule has 2 amide bonds. The SMILES string of the molecule is CCC1=CC=C(C(=O)N[C@H](C(=O)Nc2ccc(/C(C(C)=N)=C(\C)N)c(F)n2)C(C2CC2)C2CC2)N(CCSC)C1. The maximum atomic E-state index is 15.0. The lowest BCUT2D eigenvalue weighted by atomic mass is 9.88. The molecular weight excluding hydrogens is 527 g/mol. The topological polar surface area (TPSA) is 124 Å². The maximum absolute atomic E-state index is 15.0. The third-order valence-corrected chi connectivity index (χ3v) is 8.48. The van der Waals surface area contributed by atoms with Crippen molar-refractivity contribution in [2.45, 2.75) is 58.9 Å². The van der Waals surface area contributed by atoms with E-state index in [4.69, 9.17) is 11.1 Å². The zero-order chi connectivity index (χ0) is 29.0. The van der Waals surface area contributed by atoms with E-state index in [0.717, 1.165) is 44.4 Å². The average molecular weight is 569 g/mol. The molecule has 10 heteroatoms. The summed E-state index contributed by atoms with van der Waals surface area (Å²) in [6.07, 6.45) is 11.0. The summed E-state index contributed by atoms with van der Waals surface area (Å²) in [5.74, 6) is 0.308. The van der Waals surface area contributed by atoms with Crippen LogP contribution >= 0.6 is 11.8 Å². The Balaban J connectivity index is 1.57. The van der Waals surface area contributed by atoms with E-state index in [1.807, 2.05) is 18.4 Å². The number of nitrogens with one attached hydrogen (secondary N) is 3. The number of thioether (sulfide) groups is 1. The van der Waals surface area contributed by atoms with Gasteiger partial charge < -0.3 is 26.7 Å². The maximum Gasteiger partial charge on any atom is 0.268 e. The Morgan fingerprint density at radius 1 is 1.20 bits per heavy atom. The molecular formula is C30H41FN6O2S. The minimum atomic E-state index is -0.818. The van der Waals surface area contributed by atoms with Crippen LogP contribution in [0.1, 0.15) is 58.4 Å². The predicted octanol–water partition coefficient (Wildman–Crippen LogP) is 4.71. The van der Waals surface area contributed by atoms with Gasteiger partial charge in [-0.2, -0.15) is 16.2 Å². The average Bonchev–Trinajstić information content (AvgIpc) is 3.83. The van der Waals surface area contributed by atoms with Gasteiger partial charge >= 0.3 is 0 Å². The molecule has 1 aromatic rings. The Labute approximate surface area is 240 Å². The lowest BCUT2D eigenvalue weighted by molar-refractivity contribution is -0.126. The Bertz CT molecular complexity index is 1230. The molecule has 1 atom stereocenters. The van der Waals surface area contributed by atoms with Crippen LogP contribution in [0.25, 0.3) is 5.57 Å². The molecule has 8 nitrogen and oxygen atoms in total. The summed E-state index contributed by atoms with van der Waals surface area (Å²) in [4.78, 5) is 33.5. The summed E-state index contributed by atoms with van der Waals surface area (Å²) in [5.41, 5.74) is 8.54. The predicted molar refractivity (Wildman–Crippen MR) is 160 cm³/mol. The summed E-state index contributed by atoms with van der Waals surface area (Å²) in [6.45, 7) is 6.69. The second kappa shape index (κ2) is 13.0. The van der Waals surface area contributed by atoms with Crippen molar-refractivity contribution in [1.29, 1.82) is 5.41 Å². The van der Waals surface area contributed by atoms with Gasteiger partial charge in [0.15, 0.2) is 0 Å². The molecule has 216 valence electrons. The molecule has 4 rings (SSSR count). The molecule has 2 saturated carbocycles. The summed E-state index contributed by atoms with van der Waals surface area (Å²) >= 11 is 1.73. The number of allylic oxidation sites excluding steroid dienone is 4. The van der Waals surface area contributed by atoms with E-state index < -0.39 is 12.0 Å². The summed E-state index contributed by atoms with van der Waals surface area (Å²) < 4.78 is 15.0. The van der Waals surface area contributed by atoms with Gasteiger partial charge in [-0.05, 0) is 88.2 Å². The lowest BCUT2D eigenvalue weighted by Crippen LogP contribution is -2.52. The highest BCUT2D eigenvalue weighted by molar-refractivity contribution is 7.98. The van der Waals surface area contributed by atoms with Gasteiger partial charge in [0.05, 0.1) is 0 Å². The zero-order valence-corrected chi connectivity index (χ0v) is 24.7. The first-order valence-electron chi connectivity index (χ1n) is 14.1. The summed E-state index contributed by atoms with van der Waals surface area (Å²) in [5, 5.41) is 13.8. The number of aromatic nitrogens is 1. The Kier molecular flexibility index (Phi) is 9.71. The number of anilines is 1. The highest BCUT2D eigenvalue weighted by atomic mass is 32.2. The van der Waals surface area contributed by atoms with Crippen LogP contribution in [0.15, 0.2) is 41.3 Å². The van der Waals surface area contributed by atoms with Gasteiger partial charge in [0.2, 0.25) is 11.9 Å². The number of nitrogens with two attached hydrogens (primary N) is 1. The zero-order valence-electron chi connectivity index (χ0n) is 23.9. The van der Waals surface area contributed by atoms with Crippen molar-refractivity contribution in [2.75, 3.05) is 30.4 Å². The molecule has 0 aromatic carbocycles. The monoisotopic (exact) mass is 568 g/mol. The standard InChI is InChI=1S/C30H41FN6O2S/c1-5-19-6-12-23(37(16-19)14-15-40-4)29(38)36-27(26(20-7-8-20)21-9-10-21)30(39)35-24-13-11-22(28(31)34-24)25(17(2)32)18(3)33/h6,11-13,20-21,26-27,32H,5,7-10,14-16,33H2,1-4H3,(H,36,38)(H,34,35,39)/b25-18+,32-17?/t27-/m0/s1. The highest BCUT2D eigenvalue weighted by Gasteiger charge is 2.48. The fraction of sp³-hybridized carbons (Fsp3) is 0.533. The molecule has 0 radical (unpaired) electrons. The molecule has 0 saturated heterocycles. The first-order valence-corrected chi connectivity index (χ1v) is 15.5. The first-order chi connectivity index (χ1) is 19.1. The van der Waals surface area contributed by atoms with Crippen molar-refractivity contribution in [2.24, 2.45) is 23.5 Å². The quantitative estimate of drug-likeness (QED) is 0.202. The second-order valence-electron chi connectivity index (χ2n) is 11.1. The van der Waals surface area contributed by atoms with E-state index in [-0.39, 0.29) is 40.4 Å². The molecule has 2 heterocycles. The van der Waals surface area contributed by atoms with E-state index in [1.54, 1.807) is 18.7 Å². The molecule has 0 spiro atoms. The second-order valence-corrected chi connectivity index (χ2v) is 12.0. The molecule has 0 bridgehead atoms. The van der Waals surface area contributed by atoms with E-state index >= 15 is 4.39 Å². The molecule has 1 aliphatic heterocycles. The van der Waals surface area contributed by atoms with Gasteiger partial charge in [-0.15, -0.1) is 0 Å². The third-order valence-electron chi connectivity index (χ3n) is 7.89. The molecule has 0 unspecified atom stereocenters. The number of hydrogen-bond acceptors (Lipinski definition) is 7. The van der Waals surface area contributed by atoms with Gasteiger partial charge in [-0.25, -0.2) is 4.98 Å². The van der Waals surface area contributed by atoms with E-state index in [0.29, 0.717) is 29.8 Å². The molecule has 1 aromatic heterocycles. The van der Waals surface area contributed by atoms with Crippen LogP contribution in [0.3, 0.4) is 0 Å². The highest BCUT2D eigenvalue weighted by Crippen LogP contribution is 2.51. The van der Waals surface area contributed by atoms with E-state index in [1.165, 1.54) is 24.6 Å². The van der Waals surface area contributed by atoms with Crippen molar-refractivity contribution in [1.82, 2.24) is 15.2 Å². The van der Waals surface area contributed by atoms with Crippen LogP contribution < -0.4 is 16.4 Å². The smallest absolute Gasteiger partial charge is 0.268 e. The van der Waals surface area contributed by atoms with Crippen molar-refractivity contribution >= 4 is 40.7 Å². The van der Waals surface area contributed by atoms with Crippen LogP contribution in [0.2, 0.25) is 0 Å². The number of pyridine rings is 1. The number of carbonyl (C=O) groups excluding carboxylic acids is 2. The summed E-state index contributed by atoms with van der Waals surface area (Å²) in [6, 6.07) is 2.24. The van der Waals surface area contributed by atoms with Crippen molar-refractivity contribution < 1.29 is 14.0 Å².